The predicted octanol–water partition coefficient (Wildman–Crippen LogP) is -0.460. The lowest BCUT2D eigenvalue weighted by molar-refractivity contribution is -0.0351. The molecule has 0 atom stereocenters. The second-order valence-corrected chi connectivity index (χ2v) is 2.26. The average Bonchev–Trinajstić information content (AvgIpc) is 2.43. The Morgan fingerprint density at radius 1 is 1.08 bits per heavy atom. The van der Waals surface area contributed by atoms with E-state index in [0.717, 1.165) is 0 Å². The summed E-state index contributed by atoms with van der Waals surface area (Å²) < 4.78 is 15.0. The van der Waals surface area contributed by atoms with Gasteiger partial charge in [0.2, 0.25) is 0 Å². The molecule has 6 nitrogen and oxygen atoms in total. The van der Waals surface area contributed by atoms with Crippen LogP contribution in [0.25, 0.3) is 0 Å². The molecule has 0 radical (unpaired) electrons. The van der Waals surface area contributed by atoms with Crippen LogP contribution in [0.2, 0.25) is 0 Å². The van der Waals surface area contributed by atoms with Gasteiger partial charge in [0.25, 0.3) is 0 Å². The third-order valence-electron chi connectivity index (χ3n) is 1.42. The van der Waals surface area contributed by atoms with Crippen LogP contribution in [0.5, 0.6) is 11.5 Å². The fraction of sp³-hybridized carbons (Fsp3) is 0.286. The summed E-state index contributed by atoms with van der Waals surface area (Å²) >= 11 is 0. The number of hydrogen-bond acceptors (Lipinski definition) is 6. The first-order valence-corrected chi connectivity index (χ1v) is 3.56. The number of ether oxygens (including phenoxy) is 3. The molecule has 0 unspecified atom stereocenters. The van der Waals surface area contributed by atoms with Crippen LogP contribution in [0, 0.1) is 0 Å². The Morgan fingerprint density at radius 2 is 1.62 bits per heavy atom. The van der Waals surface area contributed by atoms with Gasteiger partial charge in [-0.05, 0) is 0 Å². The molecule has 1 aromatic rings. The van der Waals surface area contributed by atoms with Crippen LogP contribution >= 0.6 is 0 Å². The summed E-state index contributed by atoms with van der Waals surface area (Å²) in [7, 11) is 0. The van der Waals surface area contributed by atoms with Crippen LogP contribution in [0.1, 0.15) is 0 Å². The molecular formula is C7H6N2O4. The van der Waals surface area contributed by atoms with Crippen LogP contribution in [0.15, 0.2) is 17.2 Å². The van der Waals surface area contributed by atoms with Gasteiger partial charge in [0.1, 0.15) is 0 Å². The van der Waals surface area contributed by atoms with Crippen molar-refractivity contribution in [2.45, 2.75) is 0 Å². The van der Waals surface area contributed by atoms with Crippen LogP contribution in [0.4, 0.5) is 0 Å². The third kappa shape index (κ3) is 1.73. The molecular weight excluding hydrogens is 176 g/mol. The van der Waals surface area contributed by atoms with E-state index in [0.29, 0.717) is 11.5 Å². The van der Waals surface area contributed by atoms with Crippen molar-refractivity contribution in [2.75, 3.05) is 13.6 Å². The van der Waals surface area contributed by atoms with Crippen LogP contribution in [-0.4, -0.2) is 23.6 Å². The van der Waals surface area contributed by atoms with Gasteiger partial charge >= 0.3 is 5.69 Å². The molecule has 68 valence electrons. The molecule has 2 heterocycles. The maximum atomic E-state index is 10.7. The Balaban J connectivity index is 2.49. The highest BCUT2D eigenvalue weighted by molar-refractivity contribution is 5.34. The van der Waals surface area contributed by atoms with E-state index in [-0.39, 0.29) is 13.6 Å². The molecule has 0 N–H and O–H groups in total. The van der Waals surface area contributed by atoms with Crippen molar-refractivity contribution in [1.82, 2.24) is 9.97 Å². The normalized spacial score (nSPS) is 14.8. The van der Waals surface area contributed by atoms with E-state index in [1.807, 2.05) is 0 Å². The average molecular weight is 182 g/mol. The maximum Gasteiger partial charge on any atom is 0.367 e. The lowest BCUT2D eigenvalue weighted by atomic mass is 10.5. The Labute approximate surface area is 73.1 Å². The van der Waals surface area contributed by atoms with Gasteiger partial charge in [-0.15, -0.1) is 0 Å². The lowest BCUT2D eigenvalue weighted by Crippen LogP contribution is -2.05. The lowest BCUT2D eigenvalue weighted by Gasteiger charge is -1.98. The molecule has 0 saturated carbocycles. The molecule has 2 rings (SSSR count). The highest BCUT2D eigenvalue weighted by Gasteiger charge is 2.08. The monoisotopic (exact) mass is 182 g/mol. The number of hydrogen-bond donors (Lipinski definition) is 0. The Hall–Kier alpha value is -1.69. The minimum atomic E-state index is -0.582. The summed E-state index contributed by atoms with van der Waals surface area (Å²) in [4.78, 5) is 17.7. The van der Waals surface area contributed by atoms with E-state index in [4.69, 9.17) is 14.2 Å². The molecule has 0 amide bonds. The zero-order valence-corrected chi connectivity index (χ0v) is 6.60. The molecule has 0 saturated heterocycles. The first kappa shape index (κ1) is 7.93. The molecule has 13 heavy (non-hydrogen) atoms. The van der Waals surface area contributed by atoms with Crippen molar-refractivity contribution in [3.63, 3.8) is 0 Å². The zero-order valence-electron chi connectivity index (χ0n) is 6.60. The molecule has 0 bridgehead atoms. The van der Waals surface area contributed by atoms with E-state index in [1.54, 1.807) is 0 Å². The quantitative estimate of drug-likeness (QED) is 0.540. The Kier molecular flexibility index (Phi) is 2.05. The van der Waals surface area contributed by atoms with E-state index in [2.05, 4.69) is 9.97 Å². The molecule has 1 aliphatic heterocycles. The van der Waals surface area contributed by atoms with Gasteiger partial charge in [0.05, 0.1) is 12.4 Å². The molecule has 0 aromatic carbocycles. The minimum absolute atomic E-state index is 0.0763. The highest BCUT2D eigenvalue weighted by Crippen LogP contribution is 2.24. The van der Waals surface area contributed by atoms with E-state index < -0.39 is 5.69 Å². The highest BCUT2D eigenvalue weighted by atomic mass is 16.8. The molecule has 1 aromatic heterocycles. The van der Waals surface area contributed by atoms with Crippen LogP contribution in [0.3, 0.4) is 0 Å². The Morgan fingerprint density at radius 3 is 2.15 bits per heavy atom. The second-order valence-electron chi connectivity index (χ2n) is 2.26. The fourth-order valence-electron chi connectivity index (χ4n) is 0.849. The molecule has 0 spiro atoms. The summed E-state index contributed by atoms with van der Waals surface area (Å²) in [6.45, 7) is 0.153. The second kappa shape index (κ2) is 3.36. The van der Waals surface area contributed by atoms with Crippen LogP contribution in [-0.2, 0) is 4.74 Å². The van der Waals surface area contributed by atoms with Crippen molar-refractivity contribution < 1.29 is 14.2 Å². The van der Waals surface area contributed by atoms with Gasteiger partial charge in [0.15, 0.2) is 25.1 Å². The minimum Gasteiger partial charge on any atom is -0.462 e. The fourth-order valence-corrected chi connectivity index (χ4v) is 0.849. The van der Waals surface area contributed by atoms with Gasteiger partial charge in [-0.25, -0.2) is 4.79 Å². The number of nitrogens with zero attached hydrogens (tertiary/aromatic N) is 2. The van der Waals surface area contributed by atoms with Gasteiger partial charge in [0, 0.05) is 0 Å². The number of fused-ring (bicyclic) bond motifs is 1. The predicted molar refractivity (Wildman–Crippen MR) is 40.4 cm³/mol. The van der Waals surface area contributed by atoms with Crippen molar-refractivity contribution in [2.24, 2.45) is 0 Å². The zero-order chi connectivity index (χ0) is 9.10. The summed E-state index contributed by atoms with van der Waals surface area (Å²) in [5, 5.41) is 0. The van der Waals surface area contributed by atoms with Crippen molar-refractivity contribution in [3.8, 4) is 11.5 Å². The van der Waals surface area contributed by atoms with Crippen LogP contribution < -0.4 is 15.2 Å². The van der Waals surface area contributed by atoms with E-state index in [9.17, 15) is 4.79 Å². The molecule has 0 fully saturated rings. The van der Waals surface area contributed by atoms with Crippen molar-refractivity contribution in [1.29, 1.82) is 0 Å². The molecule has 0 aliphatic carbocycles. The first-order valence-electron chi connectivity index (χ1n) is 3.56. The summed E-state index contributed by atoms with van der Waals surface area (Å²) in [5.74, 6) is 0.708. The van der Waals surface area contributed by atoms with Gasteiger partial charge in [-0.3, -0.25) is 0 Å². The number of rotatable bonds is 0. The Bertz CT molecular complexity index is 336. The van der Waals surface area contributed by atoms with Crippen molar-refractivity contribution in [3.05, 3.63) is 22.9 Å². The molecule has 1 aliphatic rings. The third-order valence-corrected chi connectivity index (χ3v) is 1.42. The van der Waals surface area contributed by atoms with Gasteiger partial charge < -0.3 is 14.2 Å². The maximum absolute atomic E-state index is 10.7. The van der Waals surface area contributed by atoms with Gasteiger partial charge in [-0.1, -0.05) is 0 Å². The van der Waals surface area contributed by atoms with E-state index >= 15 is 0 Å². The first-order chi connectivity index (χ1) is 6.36. The summed E-state index contributed by atoms with van der Waals surface area (Å²) in [6, 6.07) is 0. The van der Waals surface area contributed by atoms with E-state index in [1.165, 1.54) is 12.4 Å². The van der Waals surface area contributed by atoms with Crippen molar-refractivity contribution >= 4 is 0 Å². The topological polar surface area (TPSA) is 70.5 Å². The molecule has 6 heteroatoms. The summed E-state index contributed by atoms with van der Waals surface area (Å²) in [6.07, 6.45) is 2.53. The smallest absolute Gasteiger partial charge is 0.367 e. The standard InChI is InChI=1S/C7H6N2O4/c10-7-8-1-5-6(2-9-7)13-4-11-3-12-5/h1-2H,3-4H2. The summed E-state index contributed by atoms with van der Waals surface area (Å²) in [5.41, 5.74) is -0.582. The largest absolute Gasteiger partial charge is 0.462 e. The SMILES string of the molecule is O=c1ncc2c(cn1)OCOCO2. The van der Waals surface area contributed by atoms with Gasteiger partial charge in [-0.2, -0.15) is 9.97 Å². The number of aromatic nitrogens is 2.